The Hall–Kier alpha value is -4.81. The summed E-state index contributed by atoms with van der Waals surface area (Å²) in [6.45, 7) is 6.14. The molecule has 10 nitrogen and oxygen atoms in total. The second kappa shape index (κ2) is 13.4. The van der Waals surface area contributed by atoms with E-state index in [1.165, 1.54) is 0 Å². The fourth-order valence-corrected chi connectivity index (χ4v) is 11.0. The standard InChI is InChI=1S/C40H44N4O6Si/c1-25-37(51(2,3)49)35(21-36(46)43-23-29-9-5-4-8-28(29)20-32(43)24-45)50-40(25)33-10-6-7-11-34(33)44(39(40)48)22-26-12-18-31(19-13-26)42-38(47)27-14-16-30(41)17-15-27/h4-19,25,32,35,37,45,49H,20-24,41H2,1-3H3,(H,42,47)/t25-,32+,35+,37-,40+/m1/s1. The number of carbonyl (C=O) groups excluding carboxylic acids is 3. The molecule has 3 amide bonds. The Labute approximate surface area is 299 Å². The number of aliphatic hydroxyl groups is 1. The highest BCUT2D eigenvalue weighted by Gasteiger charge is 2.66. The van der Waals surface area contributed by atoms with Gasteiger partial charge in [-0.1, -0.05) is 61.5 Å². The predicted octanol–water partition coefficient (Wildman–Crippen LogP) is 5.20. The number of aliphatic hydroxyl groups excluding tert-OH is 1. The van der Waals surface area contributed by atoms with E-state index in [0.717, 1.165) is 27.9 Å². The van der Waals surface area contributed by atoms with Crippen molar-refractivity contribution in [2.24, 2.45) is 5.92 Å². The van der Waals surface area contributed by atoms with Crippen molar-refractivity contribution in [1.82, 2.24) is 4.90 Å². The molecule has 1 saturated heterocycles. The molecule has 51 heavy (non-hydrogen) atoms. The van der Waals surface area contributed by atoms with Gasteiger partial charge in [0.05, 0.1) is 37.4 Å². The molecule has 0 aliphatic carbocycles. The highest BCUT2D eigenvalue weighted by Crippen LogP contribution is 2.59. The first kappa shape index (κ1) is 34.6. The third-order valence-electron chi connectivity index (χ3n) is 10.9. The Balaban J connectivity index is 1.13. The monoisotopic (exact) mass is 704 g/mol. The minimum atomic E-state index is -2.99. The number of hydrogen-bond acceptors (Lipinski definition) is 7. The maximum Gasteiger partial charge on any atom is 0.264 e. The van der Waals surface area contributed by atoms with E-state index in [-0.39, 0.29) is 43.3 Å². The Bertz CT molecular complexity index is 1960. The summed E-state index contributed by atoms with van der Waals surface area (Å²) in [5, 5.41) is 13.2. The second-order valence-corrected chi connectivity index (χ2v) is 18.6. The van der Waals surface area contributed by atoms with Crippen LogP contribution in [0.3, 0.4) is 0 Å². The Morgan fingerprint density at radius 3 is 2.31 bits per heavy atom. The zero-order chi connectivity index (χ0) is 36.1. The SMILES string of the molecule is C[C@@H]1[C@@H]([Si](C)(C)O)[C@H](CC(=O)N2Cc3ccccc3C[C@H]2CO)O[C@@]12C(=O)N(Cc1ccc(NC(=O)c3ccc(N)cc3)cc1)c1ccccc12. The molecule has 4 aromatic carbocycles. The average molecular weight is 705 g/mol. The number of rotatable bonds is 8. The molecule has 11 heteroatoms. The molecule has 5 atom stereocenters. The van der Waals surface area contributed by atoms with E-state index in [2.05, 4.69) is 5.32 Å². The first-order chi connectivity index (χ1) is 24.4. The maximum absolute atomic E-state index is 14.8. The van der Waals surface area contributed by atoms with Gasteiger partial charge in [0.2, 0.25) is 5.91 Å². The van der Waals surface area contributed by atoms with Crippen LogP contribution < -0.4 is 16.0 Å². The fourth-order valence-electron chi connectivity index (χ4n) is 8.43. The van der Waals surface area contributed by atoms with Gasteiger partial charge in [-0.25, -0.2) is 0 Å². The molecule has 7 rings (SSSR count). The van der Waals surface area contributed by atoms with E-state index in [0.29, 0.717) is 29.9 Å². The van der Waals surface area contributed by atoms with Crippen LogP contribution in [0.2, 0.25) is 18.6 Å². The smallest absolute Gasteiger partial charge is 0.264 e. The van der Waals surface area contributed by atoms with Gasteiger partial charge in [-0.3, -0.25) is 14.4 Å². The number of amides is 3. The highest BCUT2D eigenvalue weighted by atomic mass is 28.4. The minimum absolute atomic E-state index is 0.00852. The summed E-state index contributed by atoms with van der Waals surface area (Å²) in [6, 6.07) is 29.2. The van der Waals surface area contributed by atoms with E-state index in [1.54, 1.807) is 46.2 Å². The summed E-state index contributed by atoms with van der Waals surface area (Å²) in [4.78, 5) is 56.7. The van der Waals surface area contributed by atoms with Crippen molar-refractivity contribution in [3.05, 3.63) is 125 Å². The first-order valence-corrected chi connectivity index (χ1v) is 20.5. The van der Waals surface area contributed by atoms with Gasteiger partial charge in [0.15, 0.2) is 13.9 Å². The summed E-state index contributed by atoms with van der Waals surface area (Å²) in [6.07, 6.45) is -0.146. The van der Waals surface area contributed by atoms with Crippen LogP contribution in [-0.4, -0.2) is 59.6 Å². The van der Waals surface area contributed by atoms with Crippen LogP contribution in [0.4, 0.5) is 17.1 Å². The Morgan fingerprint density at radius 1 is 0.961 bits per heavy atom. The number of hydrogen-bond donors (Lipinski definition) is 4. The summed E-state index contributed by atoms with van der Waals surface area (Å²) in [7, 11) is -2.99. The lowest BCUT2D eigenvalue weighted by Gasteiger charge is -2.37. The van der Waals surface area contributed by atoms with Gasteiger partial charge in [0.1, 0.15) is 0 Å². The second-order valence-electron chi connectivity index (χ2n) is 14.6. The lowest BCUT2D eigenvalue weighted by atomic mass is 9.82. The van der Waals surface area contributed by atoms with Crippen molar-refractivity contribution >= 4 is 43.1 Å². The number of nitrogens with zero attached hydrogens (tertiary/aromatic N) is 2. The minimum Gasteiger partial charge on any atom is -0.432 e. The third kappa shape index (κ3) is 6.24. The van der Waals surface area contributed by atoms with E-state index in [4.69, 9.17) is 10.5 Å². The lowest BCUT2D eigenvalue weighted by Crippen LogP contribution is -2.48. The van der Waals surface area contributed by atoms with Crippen molar-refractivity contribution in [2.75, 3.05) is 22.6 Å². The molecule has 0 bridgehead atoms. The van der Waals surface area contributed by atoms with E-state index in [1.807, 2.05) is 80.7 Å². The van der Waals surface area contributed by atoms with Crippen LogP contribution >= 0.6 is 0 Å². The van der Waals surface area contributed by atoms with Gasteiger partial charge in [-0.2, -0.15) is 0 Å². The topological polar surface area (TPSA) is 145 Å². The quantitative estimate of drug-likeness (QED) is 0.146. The summed E-state index contributed by atoms with van der Waals surface area (Å²) in [5.41, 5.74) is 10.1. The van der Waals surface area contributed by atoms with Crippen LogP contribution in [0.5, 0.6) is 0 Å². The predicted molar refractivity (Wildman–Crippen MR) is 198 cm³/mol. The Kier molecular flexibility index (Phi) is 9.09. The Morgan fingerprint density at radius 2 is 1.63 bits per heavy atom. The lowest BCUT2D eigenvalue weighted by molar-refractivity contribution is -0.151. The van der Waals surface area contributed by atoms with Crippen molar-refractivity contribution in [3.63, 3.8) is 0 Å². The molecule has 1 fully saturated rings. The molecule has 0 saturated carbocycles. The molecule has 0 aromatic heterocycles. The van der Waals surface area contributed by atoms with Crippen LogP contribution in [0.15, 0.2) is 97.1 Å². The van der Waals surface area contributed by atoms with E-state index in [9.17, 15) is 24.3 Å². The van der Waals surface area contributed by atoms with Gasteiger partial charge in [-0.15, -0.1) is 0 Å². The van der Waals surface area contributed by atoms with E-state index < -0.39 is 31.5 Å². The molecule has 1 spiro atoms. The molecule has 3 aliphatic rings. The molecular formula is C40H44N4O6Si. The maximum atomic E-state index is 14.8. The fraction of sp³-hybridized carbons (Fsp3) is 0.325. The summed E-state index contributed by atoms with van der Waals surface area (Å²) >= 11 is 0. The third-order valence-corrected chi connectivity index (χ3v) is 13.4. The van der Waals surface area contributed by atoms with Crippen LogP contribution in [0.25, 0.3) is 0 Å². The van der Waals surface area contributed by atoms with Crippen molar-refractivity contribution in [3.8, 4) is 0 Å². The molecular weight excluding hydrogens is 661 g/mol. The summed E-state index contributed by atoms with van der Waals surface area (Å²) in [5.74, 6) is -1.06. The first-order valence-electron chi connectivity index (χ1n) is 17.4. The van der Waals surface area contributed by atoms with Crippen LogP contribution in [0.1, 0.15) is 46.0 Å². The number of anilines is 3. The zero-order valence-electron chi connectivity index (χ0n) is 29.1. The van der Waals surface area contributed by atoms with Gasteiger partial charge in [0, 0.05) is 40.5 Å². The molecule has 5 N–H and O–H groups in total. The molecule has 0 radical (unpaired) electrons. The number of benzene rings is 4. The molecule has 0 unspecified atom stereocenters. The zero-order valence-corrected chi connectivity index (χ0v) is 30.1. The van der Waals surface area contributed by atoms with E-state index >= 15 is 0 Å². The summed E-state index contributed by atoms with van der Waals surface area (Å²) < 4.78 is 6.90. The molecule has 3 aliphatic heterocycles. The number of nitrogen functional groups attached to an aromatic ring is 1. The van der Waals surface area contributed by atoms with Crippen molar-refractivity contribution < 1.29 is 29.0 Å². The van der Waals surface area contributed by atoms with Gasteiger partial charge >= 0.3 is 0 Å². The normalized spacial score (nSPS) is 24.1. The van der Waals surface area contributed by atoms with Gasteiger partial charge in [0.25, 0.3) is 11.8 Å². The van der Waals surface area contributed by atoms with Gasteiger partial charge < -0.3 is 35.5 Å². The number of para-hydroxylation sites is 1. The highest BCUT2D eigenvalue weighted by molar-refractivity contribution is 6.71. The van der Waals surface area contributed by atoms with Crippen LogP contribution in [-0.2, 0) is 39.4 Å². The number of nitrogens with one attached hydrogen (secondary N) is 1. The van der Waals surface area contributed by atoms with Crippen molar-refractivity contribution in [1.29, 1.82) is 0 Å². The largest absolute Gasteiger partial charge is 0.432 e. The number of nitrogens with two attached hydrogens (primary N) is 1. The van der Waals surface area contributed by atoms with Crippen molar-refractivity contribution in [2.45, 2.75) is 69.2 Å². The molecule has 3 heterocycles. The number of carbonyl (C=O) groups is 3. The number of fused-ring (bicyclic) bond motifs is 3. The van der Waals surface area contributed by atoms with Gasteiger partial charge in [-0.05, 0) is 78.7 Å². The average Bonchev–Trinajstić information content (AvgIpc) is 3.54. The number of ether oxygens (including phenoxy) is 1. The molecule has 4 aromatic rings. The van der Waals surface area contributed by atoms with Crippen LogP contribution in [0, 0.1) is 5.92 Å². The molecule has 264 valence electrons.